The molecule has 19 heavy (non-hydrogen) atoms. The third kappa shape index (κ3) is 9.69. The Morgan fingerprint density at radius 1 is 0.947 bits per heavy atom. The number of amides is 1. The van der Waals surface area contributed by atoms with E-state index in [-0.39, 0.29) is 12.2 Å². The molecule has 0 saturated heterocycles. The topological polar surface area (TPSA) is 60.2 Å². The molecule has 3 heteroatoms. The molecule has 0 rings (SSSR count). The first kappa shape index (κ1) is 18.1. The van der Waals surface area contributed by atoms with Crippen molar-refractivity contribution in [2.45, 2.75) is 77.6 Å². The fraction of sp³-hybridized carbons (Fsp3) is 0.812. The molecule has 0 fully saturated rings. The Kier molecular flexibility index (Phi) is 11.6. The minimum atomic E-state index is -0.672. The van der Waals surface area contributed by atoms with Crippen molar-refractivity contribution in [3.8, 4) is 0 Å². The van der Waals surface area contributed by atoms with Crippen molar-refractivity contribution < 1.29 is 9.59 Å². The lowest BCUT2D eigenvalue weighted by molar-refractivity contribution is -0.132. The minimum absolute atomic E-state index is 0.0366. The molecule has 0 saturated carbocycles. The van der Waals surface area contributed by atoms with Crippen LogP contribution in [0.3, 0.4) is 0 Å². The van der Waals surface area contributed by atoms with E-state index in [4.69, 9.17) is 5.73 Å². The van der Waals surface area contributed by atoms with Crippen molar-refractivity contribution in [3.05, 3.63) is 6.92 Å². The van der Waals surface area contributed by atoms with Crippen LogP contribution in [0.5, 0.6) is 0 Å². The fourth-order valence-corrected chi connectivity index (χ4v) is 2.25. The van der Waals surface area contributed by atoms with E-state index in [1.54, 1.807) is 0 Å². The highest BCUT2D eigenvalue weighted by atomic mass is 16.2. The van der Waals surface area contributed by atoms with Crippen LogP contribution in [0.25, 0.3) is 0 Å². The monoisotopic (exact) mass is 268 g/mol. The van der Waals surface area contributed by atoms with Gasteiger partial charge in [0.1, 0.15) is 5.78 Å². The molecule has 0 aliphatic carbocycles. The lowest BCUT2D eigenvalue weighted by atomic mass is 9.96. The van der Waals surface area contributed by atoms with Crippen LogP contribution in [0.15, 0.2) is 0 Å². The van der Waals surface area contributed by atoms with Crippen LogP contribution < -0.4 is 5.73 Å². The Balaban J connectivity index is 3.43. The van der Waals surface area contributed by atoms with Crippen molar-refractivity contribution in [3.63, 3.8) is 0 Å². The number of Topliss-reactive ketones (excluding diaryl/α,β-unsaturated/α-hetero) is 1. The van der Waals surface area contributed by atoms with Crippen molar-refractivity contribution in [2.75, 3.05) is 0 Å². The van der Waals surface area contributed by atoms with E-state index in [1.807, 2.05) is 0 Å². The first-order valence-electron chi connectivity index (χ1n) is 7.74. The van der Waals surface area contributed by atoms with E-state index in [0.717, 1.165) is 12.8 Å². The van der Waals surface area contributed by atoms with Crippen molar-refractivity contribution in [2.24, 2.45) is 11.7 Å². The highest BCUT2D eigenvalue weighted by Gasteiger charge is 2.20. The lowest BCUT2D eigenvalue weighted by Gasteiger charge is -2.09. The standard InChI is InChI=1S/C16H30NO2/c1-3-5-6-7-8-9-10-11-12-13-15(18)14(4-2)16(17)19/h14H,2-13H2,1H3,(H2,17,19). The molecular weight excluding hydrogens is 238 g/mol. The number of rotatable bonds is 13. The Bertz CT molecular complexity index is 251. The molecule has 2 N–H and O–H groups in total. The number of carbonyl (C=O) groups is 2. The summed E-state index contributed by atoms with van der Waals surface area (Å²) in [6.45, 7) is 5.82. The van der Waals surface area contributed by atoms with Gasteiger partial charge < -0.3 is 5.73 Å². The van der Waals surface area contributed by atoms with Crippen molar-refractivity contribution >= 4 is 11.7 Å². The molecule has 111 valence electrons. The smallest absolute Gasteiger partial charge is 0.227 e. The summed E-state index contributed by atoms with van der Waals surface area (Å²) in [5.41, 5.74) is 5.16. The maximum Gasteiger partial charge on any atom is 0.227 e. The van der Waals surface area contributed by atoms with Crippen molar-refractivity contribution in [1.82, 2.24) is 0 Å². The molecule has 1 amide bonds. The second kappa shape index (κ2) is 12.2. The minimum Gasteiger partial charge on any atom is -0.369 e. The molecule has 0 aliphatic rings. The highest BCUT2D eigenvalue weighted by molar-refractivity contribution is 6.00. The third-order valence-electron chi connectivity index (χ3n) is 3.55. The highest BCUT2D eigenvalue weighted by Crippen LogP contribution is 2.13. The van der Waals surface area contributed by atoms with Gasteiger partial charge in [0.25, 0.3) is 0 Å². The van der Waals surface area contributed by atoms with Gasteiger partial charge in [-0.2, -0.15) is 0 Å². The average molecular weight is 268 g/mol. The van der Waals surface area contributed by atoms with Gasteiger partial charge in [0.2, 0.25) is 5.91 Å². The molecule has 0 bridgehead atoms. The summed E-state index contributed by atoms with van der Waals surface area (Å²) in [5, 5.41) is 0. The summed E-state index contributed by atoms with van der Waals surface area (Å²) in [6.07, 6.45) is 11.7. The van der Waals surface area contributed by atoms with E-state index in [1.165, 1.54) is 44.9 Å². The molecule has 0 aromatic rings. The van der Waals surface area contributed by atoms with Gasteiger partial charge >= 0.3 is 0 Å². The molecule has 0 aromatic carbocycles. The first-order chi connectivity index (χ1) is 9.13. The van der Waals surface area contributed by atoms with Crippen LogP contribution in [-0.4, -0.2) is 11.7 Å². The number of primary amides is 1. The van der Waals surface area contributed by atoms with Gasteiger partial charge in [-0.05, 0) is 12.8 Å². The van der Waals surface area contributed by atoms with Crippen molar-refractivity contribution in [1.29, 1.82) is 0 Å². The summed E-state index contributed by atoms with van der Waals surface area (Å²) < 4.78 is 0. The van der Waals surface area contributed by atoms with Gasteiger partial charge in [-0.1, -0.05) is 65.2 Å². The predicted molar refractivity (Wildman–Crippen MR) is 79.5 cm³/mol. The summed E-state index contributed by atoms with van der Waals surface area (Å²) in [6, 6.07) is 0. The Hall–Kier alpha value is -0.860. The van der Waals surface area contributed by atoms with Gasteiger partial charge in [-0.25, -0.2) is 0 Å². The normalized spacial score (nSPS) is 12.3. The second-order valence-electron chi connectivity index (χ2n) is 5.29. The Morgan fingerprint density at radius 2 is 1.42 bits per heavy atom. The SMILES string of the molecule is [CH2]CC(C(N)=O)C(=O)CCCCCCCCCCC. The number of nitrogens with two attached hydrogens (primary N) is 1. The van der Waals surface area contributed by atoms with E-state index >= 15 is 0 Å². The van der Waals surface area contributed by atoms with Gasteiger partial charge in [0, 0.05) is 6.42 Å². The molecule has 0 heterocycles. The molecule has 0 aliphatic heterocycles. The van der Waals surface area contributed by atoms with Crippen LogP contribution in [0, 0.1) is 12.8 Å². The van der Waals surface area contributed by atoms with E-state index in [9.17, 15) is 9.59 Å². The van der Waals surface area contributed by atoms with Gasteiger partial charge in [-0.15, -0.1) is 0 Å². The molecule has 0 spiro atoms. The summed E-state index contributed by atoms with van der Waals surface area (Å²) in [4.78, 5) is 22.7. The van der Waals surface area contributed by atoms with E-state index < -0.39 is 11.8 Å². The summed E-state index contributed by atoms with van der Waals surface area (Å²) in [7, 11) is 0. The van der Waals surface area contributed by atoms with Crippen LogP contribution in [-0.2, 0) is 9.59 Å². The number of unbranched alkanes of at least 4 members (excludes halogenated alkanes) is 8. The third-order valence-corrected chi connectivity index (χ3v) is 3.55. The van der Waals surface area contributed by atoms with Crippen LogP contribution in [0.4, 0.5) is 0 Å². The molecule has 1 atom stereocenters. The fourth-order valence-electron chi connectivity index (χ4n) is 2.25. The van der Waals surface area contributed by atoms with Crippen LogP contribution in [0.1, 0.15) is 77.6 Å². The summed E-state index contributed by atoms with van der Waals surface area (Å²) in [5.74, 6) is -1.24. The largest absolute Gasteiger partial charge is 0.369 e. The zero-order chi connectivity index (χ0) is 14.5. The van der Waals surface area contributed by atoms with Gasteiger partial charge in [0.05, 0.1) is 5.92 Å². The molecular formula is C16H30NO2. The first-order valence-corrected chi connectivity index (χ1v) is 7.74. The average Bonchev–Trinajstić information content (AvgIpc) is 2.37. The predicted octanol–water partition coefficient (Wildman–Crippen LogP) is 3.80. The number of hydrogen-bond donors (Lipinski definition) is 1. The van der Waals surface area contributed by atoms with Gasteiger partial charge in [0.15, 0.2) is 0 Å². The number of carbonyl (C=O) groups excluding carboxylic acids is 2. The Labute approximate surface area is 118 Å². The number of ketones is 1. The Morgan fingerprint density at radius 3 is 1.84 bits per heavy atom. The molecule has 1 radical (unpaired) electrons. The second-order valence-corrected chi connectivity index (χ2v) is 5.29. The van der Waals surface area contributed by atoms with E-state index in [2.05, 4.69) is 13.8 Å². The van der Waals surface area contributed by atoms with E-state index in [0.29, 0.717) is 6.42 Å². The summed E-state index contributed by atoms with van der Waals surface area (Å²) >= 11 is 0. The maximum atomic E-state index is 11.7. The van der Waals surface area contributed by atoms with Gasteiger partial charge in [-0.3, -0.25) is 9.59 Å². The number of hydrogen-bond acceptors (Lipinski definition) is 2. The van der Waals surface area contributed by atoms with Crippen LogP contribution >= 0.6 is 0 Å². The quantitative estimate of drug-likeness (QED) is 0.408. The molecule has 0 aromatic heterocycles. The van der Waals surface area contributed by atoms with Crippen LogP contribution in [0.2, 0.25) is 0 Å². The zero-order valence-electron chi connectivity index (χ0n) is 12.5. The zero-order valence-corrected chi connectivity index (χ0v) is 12.5. The lowest BCUT2D eigenvalue weighted by Crippen LogP contribution is -2.29. The molecule has 1 unspecified atom stereocenters. The molecule has 3 nitrogen and oxygen atoms in total. The maximum absolute atomic E-state index is 11.7.